The van der Waals surface area contributed by atoms with Crippen molar-refractivity contribution in [3.05, 3.63) is 0 Å². The van der Waals surface area contributed by atoms with Gasteiger partial charge in [-0.3, -0.25) is 0 Å². The van der Waals surface area contributed by atoms with E-state index in [-0.39, 0.29) is 0 Å². The first kappa shape index (κ1) is 14.4. The van der Waals surface area contributed by atoms with Crippen molar-refractivity contribution in [2.24, 2.45) is 0 Å². The molecule has 14 heavy (non-hydrogen) atoms. The molecule has 0 aromatic heterocycles. The Hall–Kier alpha value is 0.354. The molecule has 0 aliphatic heterocycles. The van der Waals surface area contributed by atoms with E-state index in [4.69, 9.17) is 0 Å². The first-order chi connectivity index (χ1) is 6.63. The van der Waals surface area contributed by atoms with Crippen LogP contribution in [0.15, 0.2) is 0 Å². The molecular weight excluding hydrogens is 204 g/mol. The molecule has 86 valence electrons. The number of hydrogen-bond donors (Lipinski definition) is 2. The molecule has 0 aliphatic rings. The van der Waals surface area contributed by atoms with Crippen molar-refractivity contribution >= 4 is 17.9 Å². The Balaban J connectivity index is 3.72. The molecule has 0 rings (SSSR count). The van der Waals surface area contributed by atoms with Crippen LogP contribution in [0.1, 0.15) is 33.6 Å². The Morgan fingerprint density at radius 2 is 1.29 bits per heavy atom. The molecule has 4 heteroatoms. The molecule has 0 amide bonds. The molecular formula is C10H28N2Si2. The first-order valence-electron chi connectivity index (χ1n) is 6.10. The molecule has 0 spiro atoms. The maximum Gasteiger partial charge on any atom is 0.106 e. The van der Waals surface area contributed by atoms with E-state index >= 15 is 0 Å². The van der Waals surface area contributed by atoms with Gasteiger partial charge in [-0.25, -0.2) is 0 Å². The number of rotatable bonds is 8. The lowest BCUT2D eigenvalue weighted by molar-refractivity contribution is 0.825. The molecule has 2 atom stereocenters. The van der Waals surface area contributed by atoms with Crippen LogP contribution in [0, 0.1) is 0 Å². The Bertz CT molecular complexity index is 119. The molecule has 0 aromatic carbocycles. The van der Waals surface area contributed by atoms with Gasteiger partial charge in [0.05, 0.1) is 0 Å². The van der Waals surface area contributed by atoms with Gasteiger partial charge in [0, 0.05) is 0 Å². The highest BCUT2D eigenvalue weighted by Crippen LogP contribution is 2.09. The molecule has 0 aliphatic carbocycles. The second-order valence-electron chi connectivity index (χ2n) is 4.34. The largest absolute Gasteiger partial charge is 0.340 e. The molecule has 2 nitrogen and oxygen atoms in total. The zero-order valence-electron chi connectivity index (χ0n) is 10.6. The van der Waals surface area contributed by atoms with E-state index < -0.39 is 17.9 Å². The van der Waals surface area contributed by atoms with Crippen molar-refractivity contribution in [2.75, 3.05) is 13.1 Å². The van der Waals surface area contributed by atoms with Crippen LogP contribution in [-0.4, -0.2) is 31.0 Å². The molecule has 0 fully saturated rings. The van der Waals surface area contributed by atoms with Crippen molar-refractivity contribution in [3.63, 3.8) is 0 Å². The highest BCUT2D eigenvalue weighted by atomic mass is 28.3. The third-order valence-corrected chi connectivity index (χ3v) is 11.5. The van der Waals surface area contributed by atoms with Crippen molar-refractivity contribution in [3.8, 4) is 0 Å². The van der Waals surface area contributed by atoms with Gasteiger partial charge >= 0.3 is 0 Å². The van der Waals surface area contributed by atoms with Crippen LogP contribution < -0.4 is 9.96 Å². The van der Waals surface area contributed by atoms with Gasteiger partial charge in [0.25, 0.3) is 0 Å². The zero-order chi connectivity index (χ0) is 11.0. The highest BCUT2D eigenvalue weighted by Gasteiger charge is 2.20. The van der Waals surface area contributed by atoms with Crippen molar-refractivity contribution < 1.29 is 0 Å². The maximum atomic E-state index is 3.72. The molecule has 2 N–H and O–H groups in total. The summed E-state index contributed by atoms with van der Waals surface area (Å²) >= 11 is 0. The third kappa shape index (κ3) is 5.95. The second-order valence-corrected chi connectivity index (χ2v) is 11.2. The lowest BCUT2D eigenvalue weighted by atomic mass is 10.5. The predicted molar refractivity (Wildman–Crippen MR) is 72.0 cm³/mol. The maximum absolute atomic E-state index is 3.72. The summed E-state index contributed by atoms with van der Waals surface area (Å²) in [5, 5.41) is 0.966. The monoisotopic (exact) mass is 232 g/mol. The zero-order valence-corrected chi connectivity index (χ0v) is 12.9. The Morgan fingerprint density at radius 1 is 0.929 bits per heavy atom. The summed E-state index contributed by atoms with van der Waals surface area (Å²) in [6.45, 7) is 14.3. The molecule has 0 saturated carbocycles. The van der Waals surface area contributed by atoms with Gasteiger partial charge in [0.2, 0.25) is 0 Å². The molecule has 0 saturated heterocycles. The van der Waals surface area contributed by atoms with Gasteiger partial charge in [0.15, 0.2) is 0 Å². The van der Waals surface area contributed by atoms with Crippen molar-refractivity contribution in [1.29, 1.82) is 0 Å². The predicted octanol–water partition coefficient (Wildman–Crippen LogP) is 1.62. The molecule has 0 aromatic rings. The van der Waals surface area contributed by atoms with Gasteiger partial charge < -0.3 is 9.96 Å². The highest BCUT2D eigenvalue weighted by molar-refractivity contribution is 6.76. The quantitative estimate of drug-likeness (QED) is 0.622. The van der Waals surface area contributed by atoms with Gasteiger partial charge in [-0.15, -0.1) is 0 Å². The molecule has 0 radical (unpaired) electrons. The molecule has 2 unspecified atom stereocenters. The lowest BCUT2D eigenvalue weighted by Gasteiger charge is -2.25. The van der Waals surface area contributed by atoms with Crippen LogP contribution in [0.25, 0.3) is 0 Å². The Labute approximate surface area is 93.2 Å². The number of nitrogens with one attached hydrogen (secondary N) is 2. The van der Waals surface area contributed by atoms with Gasteiger partial charge in [-0.2, -0.15) is 0 Å². The average Bonchev–Trinajstić information content (AvgIpc) is 2.21. The van der Waals surface area contributed by atoms with Crippen LogP contribution in [0.3, 0.4) is 0 Å². The third-order valence-electron chi connectivity index (χ3n) is 3.01. The van der Waals surface area contributed by atoms with Crippen LogP contribution in [0.2, 0.25) is 18.3 Å². The van der Waals surface area contributed by atoms with E-state index in [1.165, 1.54) is 25.9 Å². The number of hydrogen-bond acceptors (Lipinski definition) is 2. The van der Waals surface area contributed by atoms with Crippen LogP contribution in [-0.2, 0) is 0 Å². The van der Waals surface area contributed by atoms with E-state index in [0.717, 1.165) is 5.16 Å². The fourth-order valence-electron chi connectivity index (χ4n) is 1.55. The van der Waals surface area contributed by atoms with Crippen molar-refractivity contribution in [2.45, 2.75) is 51.9 Å². The van der Waals surface area contributed by atoms with E-state index in [2.05, 4.69) is 43.8 Å². The Morgan fingerprint density at radius 3 is 1.57 bits per heavy atom. The summed E-state index contributed by atoms with van der Waals surface area (Å²) < 4.78 is 0. The summed E-state index contributed by atoms with van der Waals surface area (Å²) in [5.74, 6) is 0. The minimum absolute atomic E-state index is 0.665. The Kier molecular flexibility index (Phi) is 8.86. The van der Waals surface area contributed by atoms with Gasteiger partial charge in [-0.1, -0.05) is 33.9 Å². The molecule has 0 bridgehead atoms. The van der Waals surface area contributed by atoms with Crippen LogP contribution in [0.5, 0.6) is 0 Å². The summed E-state index contributed by atoms with van der Waals surface area (Å²) in [4.78, 5) is 7.45. The van der Waals surface area contributed by atoms with E-state index in [0.29, 0.717) is 0 Å². The van der Waals surface area contributed by atoms with E-state index in [1.807, 2.05) is 0 Å². The smallest absolute Gasteiger partial charge is 0.106 e. The fourth-order valence-corrected chi connectivity index (χ4v) is 8.06. The summed E-state index contributed by atoms with van der Waals surface area (Å²) in [6.07, 6.45) is 2.53. The fraction of sp³-hybridized carbons (Fsp3) is 1.00. The standard InChI is InChI=1S/C10H28N2Si2/c1-6-8-11-13(4)10(3)14(5)12-9-7-2/h10-14H,6-9H2,1-5H3. The first-order valence-corrected chi connectivity index (χ1v) is 10.9. The average molecular weight is 233 g/mol. The SMILES string of the molecule is CCCN[SiH](C)C(C)[SiH](C)NCCC. The minimum Gasteiger partial charge on any atom is -0.340 e. The normalized spacial score (nSPS) is 17.8. The summed E-state index contributed by atoms with van der Waals surface area (Å²) in [7, 11) is -1.33. The molecule has 0 heterocycles. The summed E-state index contributed by atoms with van der Waals surface area (Å²) in [6, 6.07) is 0. The minimum atomic E-state index is -0.665. The second kappa shape index (κ2) is 8.65. The van der Waals surface area contributed by atoms with Crippen LogP contribution >= 0.6 is 0 Å². The van der Waals surface area contributed by atoms with Gasteiger partial charge in [-0.05, 0) is 31.1 Å². The lowest BCUT2D eigenvalue weighted by Crippen LogP contribution is -2.46. The topological polar surface area (TPSA) is 24.1 Å². The van der Waals surface area contributed by atoms with E-state index in [1.54, 1.807) is 0 Å². The van der Waals surface area contributed by atoms with Gasteiger partial charge in [0.1, 0.15) is 17.9 Å². The van der Waals surface area contributed by atoms with Crippen LogP contribution in [0.4, 0.5) is 0 Å². The van der Waals surface area contributed by atoms with Crippen molar-refractivity contribution in [1.82, 2.24) is 9.96 Å². The van der Waals surface area contributed by atoms with E-state index in [9.17, 15) is 0 Å². The summed E-state index contributed by atoms with van der Waals surface area (Å²) in [5.41, 5.74) is 0.